The van der Waals surface area contributed by atoms with Crippen LogP contribution in [-0.4, -0.2) is 101 Å². The molecule has 0 spiro atoms. The van der Waals surface area contributed by atoms with Gasteiger partial charge in [0.05, 0.1) is 6.10 Å². The summed E-state index contributed by atoms with van der Waals surface area (Å²) in [5.74, 6) is -2.48. The van der Waals surface area contributed by atoms with Crippen molar-refractivity contribution >= 4 is 26.7 Å². The third-order valence-corrected chi connectivity index (χ3v) is 5.05. The Kier molecular flexibility index (Phi) is 7.41. The highest BCUT2D eigenvalue weighted by molar-refractivity contribution is 7.83. The fourth-order valence-electron chi connectivity index (χ4n) is 2.79. The van der Waals surface area contributed by atoms with E-state index in [9.17, 15) is 36.9 Å². The summed E-state index contributed by atoms with van der Waals surface area (Å²) < 4.78 is 83.7. The lowest BCUT2D eigenvalue weighted by atomic mass is 9.98. The molecule has 0 radical (unpaired) electrons. The standard InChI is InChI=1S/C12H19NO15S2/c1-3-8(27-12-7(15)4(14)2-5(26-12)10(16)17)9(28-30(22,23)24)6(11(18)25-3)13-29(19,20)21/h2-4,6-9,11-15,18H,1H3,(H,16,17)(H,19,20,21)(H,22,23,24)/t3?,4?,6-,7-,8+,9?,11?,12-/m0/s1. The fraction of sp³-hybridized carbons (Fsp3) is 0.750. The van der Waals surface area contributed by atoms with Crippen molar-refractivity contribution < 1.29 is 69.6 Å². The monoisotopic (exact) mass is 481 g/mol. The van der Waals surface area contributed by atoms with Crippen molar-refractivity contribution in [1.29, 1.82) is 0 Å². The van der Waals surface area contributed by atoms with E-state index in [1.54, 1.807) is 0 Å². The average molecular weight is 481 g/mol. The quantitative estimate of drug-likeness (QED) is 0.171. The predicted molar refractivity (Wildman–Crippen MR) is 88.9 cm³/mol. The van der Waals surface area contributed by atoms with Crippen LogP contribution in [0.3, 0.4) is 0 Å². The largest absolute Gasteiger partial charge is 0.475 e. The van der Waals surface area contributed by atoms with Gasteiger partial charge in [-0.25, -0.2) is 8.98 Å². The number of carboxylic acids is 1. The molecule has 16 nitrogen and oxygen atoms in total. The van der Waals surface area contributed by atoms with Crippen LogP contribution in [0.1, 0.15) is 6.92 Å². The van der Waals surface area contributed by atoms with Crippen molar-refractivity contribution in [2.45, 2.75) is 56.1 Å². The van der Waals surface area contributed by atoms with E-state index in [-0.39, 0.29) is 0 Å². The van der Waals surface area contributed by atoms with Gasteiger partial charge >= 0.3 is 26.7 Å². The Morgan fingerprint density at radius 2 is 1.73 bits per heavy atom. The molecular weight excluding hydrogens is 462 g/mol. The topological polar surface area (TPSA) is 256 Å². The summed E-state index contributed by atoms with van der Waals surface area (Å²) in [6.07, 6.45) is -12.3. The van der Waals surface area contributed by atoms with Gasteiger partial charge in [-0.3, -0.25) is 9.11 Å². The van der Waals surface area contributed by atoms with Gasteiger partial charge in [0, 0.05) is 0 Å². The zero-order chi connectivity index (χ0) is 23.0. The van der Waals surface area contributed by atoms with Crippen LogP contribution in [0.2, 0.25) is 0 Å². The summed E-state index contributed by atoms with van der Waals surface area (Å²) in [5.41, 5.74) is 0. The predicted octanol–water partition coefficient (Wildman–Crippen LogP) is -3.90. The van der Waals surface area contributed by atoms with Gasteiger partial charge in [-0.1, -0.05) is 0 Å². The van der Waals surface area contributed by atoms with Gasteiger partial charge in [0.25, 0.3) is 0 Å². The lowest BCUT2D eigenvalue weighted by Crippen LogP contribution is -2.65. The number of aliphatic hydroxyl groups is 3. The first-order valence-corrected chi connectivity index (χ1v) is 10.8. The van der Waals surface area contributed by atoms with Crippen molar-refractivity contribution in [1.82, 2.24) is 4.72 Å². The zero-order valence-corrected chi connectivity index (χ0v) is 16.5. The Balaban J connectivity index is 2.38. The summed E-state index contributed by atoms with van der Waals surface area (Å²) >= 11 is 0. The van der Waals surface area contributed by atoms with Crippen LogP contribution in [-0.2, 0) is 43.9 Å². The normalized spacial score (nSPS) is 37.9. The van der Waals surface area contributed by atoms with E-state index in [0.29, 0.717) is 6.08 Å². The molecule has 1 saturated heterocycles. The Morgan fingerprint density at radius 3 is 2.23 bits per heavy atom. The third kappa shape index (κ3) is 6.28. The van der Waals surface area contributed by atoms with Crippen molar-refractivity contribution in [3.63, 3.8) is 0 Å². The summed E-state index contributed by atoms with van der Waals surface area (Å²) in [5, 5.41) is 38.6. The van der Waals surface area contributed by atoms with Crippen LogP contribution >= 0.6 is 0 Å². The summed E-state index contributed by atoms with van der Waals surface area (Å²) in [6, 6.07) is -2.07. The van der Waals surface area contributed by atoms with Crippen LogP contribution in [0.4, 0.5) is 0 Å². The molecule has 0 saturated carbocycles. The van der Waals surface area contributed by atoms with E-state index in [1.807, 2.05) is 0 Å². The second-order valence-corrected chi connectivity index (χ2v) is 8.48. The molecule has 0 aromatic carbocycles. The highest BCUT2D eigenvalue weighted by atomic mass is 32.3. The van der Waals surface area contributed by atoms with E-state index in [0.717, 1.165) is 0 Å². The van der Waals surface area contributed by atoms with Crippen LogP contribution < -0.4 is 4.72 Å². The molecule has 7 N–H and O–H groups in total. The van der Waals surface area contributed by atoms with Crippen molar-refractivity contribution in [3.8, 4) is 0 Å². The van der Waals surface area contributed by atoms with Crippen LogP contribution in [0.15, 0.2) is 11.8 Å². The second kappa shape index (κ2) is 8.96. The van der Waals surface area contributed by atoms with Gasteiger partial charge in [0.1, 0.15) is 30.5 Å². The maximum absolute atomic E-state index is 11.2. The molecule has 2 aliphatic rings. The second-order valence-electron chi connectivity index (χ2n) is 6.24. The van der Waals surface area contributed by atoms with Gasteiger partial charge in [-0.05, 0) is 13.0 Å². The lowest BCUT2D eigenvalue weighted by molar-refractivity contribution is -0.295. The Labute approximate surface area is 169 Å². The molecule has 0 aromatic heterocycles. The number of ether oxygens (including phenoxy) is 3. The molecule has 2 aliphatic heterocycles. The number of carbonyl (C=O) groups is 1. The lowest BCUT2D eigenvalue weighted by Gasteiger charge is -2.44. The number of rotatable bonds is 7. The molecule has 30 heavy (non-hydrogen) atoms. The van der Waals surface area contributed by atoms with Crippen LogP contribution in [0.25, 0.3) is 0 Å². The molecule has 0 amide bonds. The van der Waals surface area contributed by atoms with E-state index in [2.05, 4.69) is 4.18 Å². The van der Waals surface area contributed by atoms with E-state index < -0.39 is 81.6 Å². The molecule has 2 heterocycles. The maximum Gasteiger partial charge on any atom is 0.397 e. The van der Waals surface area contributed by atoms with Gasteiger partial charge in [0.15, 0.2) is 6.29 Å². The van der Waals surface area contributed by atoms with E-state index in [1.165, 1.54) is 11.6 Å². The Bertz CT molecular complexity index is 885. The number of hydrogen-bond acceptors (Lipinski definition) is 12. The molecule has 1 fully saturated rings. The van der Waals surface area contributed by atoms with Crippen molar-refractivity contribution in [2.24, 2.45) is 0 Å². The van der Waals surface area contributed by atoms with E-state index in [4.69, 9.17) is 28.4 Å². The first kappa shape index (κ1) is 24.8. The van der Waals surface area contributed by atoms with E-state index >= 15 is 0 Å². The number of hydrogen-bond donors (Lipinski definition) is 7. The summed E-state index contributed by atoms with van der Waals surface area (Å²) in [7, 11) is -10.4. The molecule has 0 aliphatic carbocycles. The maximum atomic E-state index is 11.2. The molecule has 2 rings (SSSR count). The highest BCUT2D eigenvalue weighted by Gasteiger charge is 2.51. The van der Waals surface area contributed by atoms with Crippen LogP contribution in [0, 0.1) is 0 Å². The smallest absolute Gasteiger partial charge is 0.397 e. The molecule has 0 bridgehead atoms. The minimum Gasteiger partial charge on any atom is -0.475 e. The number of carboxylic acid groups (broad SMARTS) is 1. The van der Waals surface area contributed by atoms with Crippen molar-refractivity contribution in [2.75, 3.05) is 0 Å². The first-order chi connectivity index (χ1) is 13.6. The SMILES string of the molecule is CC1OC(O)[C@@H](NS(=O)(=O)O)C(OS(=O)(=O)O)[C@@H]1O[C@@H]1OC(C(=O)O)=CC(O)[C@@H]1O. The fourth-order valence-corrected chi connectivity index (χ4v) is 3.89. The van der Waals surface area contributed by atoms with Crippen LogP contribution in [0.5, 0.6) is 0 Å². The minimum atomic E-state index is -5.30. The summed E-state index contributed by atoms with van der Waals surface area (Å²) in [4.78, 5) is 11.1. The Morgan fingerprint density at radius 1 is 1.13 bits per heavy atom. The van der Waals surface area contributed by atoms with Crippen molar-refractivity contribution in [3.05, 3.63) is 11.8 Å². The number of aliphatic carboxylic acids is 1. The third-order valence-electron chi connectivity index (χ3n) is 4.02. The van der Waals surface area contributed by atoms with Gasteiger partial charge in [0.2, 0.25) is 12.0 Å². The zero-order valence-electron chi connectivity index (χ0n) is 14.9. The van der Waals surface area contributed by atoms with Gasteiger partial charge < -0.3 is 34.6 Å². The molecule has 174 valence electrons. The van der Waals surface area contributed by atoms with Gasteiger partial charge in [-0.2, -0.15) is 21.6 Å². The average Bonchev–Trinajstić information content (AvgIpc) is 2.56. The molecular formula is C12H19NO15S2. The highest BCUT2D eigenvalue weighted by Crippen LogP contribution is 2.30. The number of aliphatic hydroxyl groups excluding tert-OH is 3. The summed E-state index contributed by atoms with van der Waals surface area (Å²) in [6.45, 7) is 1.18. The molecule has 8 atom stereocenters. The van der Waals surface area contributed by atoms with Gasteiger partial charge in [-0.15, -0.1) is 0 Å². The molecule has 18 heteroatoms. The number of nitrogens with one attached hydrogen (secondary N) is 1. The molecule has 0 aromatic rings. The Hall–Kier alpha value is -1.45. The molecule has 4 unspecified atom stereocenters. The minimum absolute atomic E-state index is 0.659. The first-order valence-electron chi connectivity index (χ1n) is 7.96.